The minimum Gasteiger partial charge on any atom is -0.395 e. The second kappa shape index (κ2) is 2.98. The summed E-state index contributed by atoms with van der Waals surface area (Å²) in [4.78, 5) is 10.9. The predicted molar refractivity (Wildman–Crippen MR) is 35.4 cm³/mol. The van der Waals surface area contributed by atoms with Gasteiger partial charge in [0.25, 0.3) is 5.91 Å². The molecule has 0 fully saturated rings. The number of hydrogen-bond acceptors (Lipinski definition) is 3. The van der Waals surface area contributed by atoms with E-state index in [9.17, 15) is 4.79 Å². The van der Waals surface area contributed by atoms with E-state index in [0.29, 0.717) is 5.06 Å². The lowest BCUT2D eigenvalue weighted by atomic mass is 9.94. The number of carbonyl (C=O) groups is 1. The summed E-state index contributed by atoms with van der Waals surface area (Å²) in [5.74, 6) is -0.491. The maximum atomic E-state index is 10.9. The van der Waals surface area contributed by atoms with Crippen molar-refractivity contribution in [1.82, 2.24) is 5.06 Å². The Morgan fingerprint density at radius 3 is 2.10 bits per heavy atom. The van der Waals surface area contributed by atoms with Crippen LogP contribution in [0.5, 0.6) is 0 Å². The molecule has 0 radical (unpaired) electrons. The molecular formula is C6H13NO3. The van der Waals surface area contributed by atoms with Crippen LogP contribution < -0.4 is 0 Å². The first kappa shape index (κ1) is 9.39. The summed E-state index contributed by atoms with van der Waals surface area (Å²) < 4.78 is 0. The Morgan fingerprint density at radius 1 is 1.60 bits per heavy atom. The van der Waals surface area contributed by atoms with Gasteiger partial charge in [0, 0.05) is 7.05 Å². The SMILES string of the molecule is CN(O)C(=O)C(C)(C)CO. The Labute approximate surface area is 60.0 Å². The number of hydrogen-bond donors (Lipinski definition) is 2. The normalized spacial score (nSPS) is 11.3. The average Bonchev–Trinajstić information content (AvgIpc) is 1.86. The van der Waals surface area contributed by atoms with Crippen LogP contribution in [0.4, 0.5) is 0 Å². The lowest BCUT2D eigenvalue weighted by Crippen LogP contribution is -2.38. The molecule has 0 aliphatic rings. The molecule has 4 heteroatoms. The van der Waals surface area contributed by atoms with E-state index in [-0.39, 0.29) is 6.61 Å². The molecule has 60 valence electrons. The Kier molecular flexibility index (Phi) is 2.80. The van der Waals surface area contributed by atoms with Gasteiger partial charge in [-0.2, -0.15) is 0 Å². The zero-order chi connectivity index (χ0) is 8.36. The molecule has 0 aromatic carbocycles. The van der Waals surface area contributed by atoms with Crippen LogP contribution in [0.3, 0.4) is 0 Å². The molecule has 0 spiro atoms. The van der Waals surface area contributed by atoms with Crippen LogP contribution in [-0.2, 0) is 4.79 Å². The van der Waals surface area contributed by atoms with E-state index < -0.39 is 11.3 Å². The highest BCUT2D eigenvalue weighted by molar-refractivity contribution is 5.80. The van der Waals surface area contributed by atoms with Crippen LogP contribution in [0.15, 0.2) is 0 Å². The van der Waals surface area contributed by atoms with Gasteiger partial charge >= 0.3 is 0 Å². The van der Waals surface area contributed by atoms with Crippen LogP contribution in [0.1, 0.15) is 13.8 Å². The molecule has 0 bridgehead atoms. The zero-order valence-electron chi connectivity index (χ0n) is 6.46. The van der Waals surface area contributed by atoms with Crippen LogP contribution in [0, 0.1) is 5.41 Å². The van der Waals surface area contributed by atoms with Gasteiger partial charge in [-0.25, -0.2) is 5.06 Å². The molecule has 0 aliphatic carbocycles. The summed E-state index contributed by atoms with van der Waals surface area (Å²) in [6.07, 6.45) is 0. The van der Waals surface area contributed by atoms with Crippen molar-refractivity contribution in [3.63, 3.8) is 0 Å². The fraction of sp³-hybridized carbons (Fsp3) is 0.833. The Hall–Kier alpha value is -0.610. The highest BCUT2D eigenvalue weighted by Crippen LogP contribution is 2.15. The van der Waals surface area contributed by atoms with Crippen molar-refractivity contribution < 1.29 is 15.1 Å². The quantitative estimate of drug-likeness (QED) is 0.422. The molecule has 10 heavy (non-hydrogen) atoms. The third-order valence-electron chi connectivity index (χ3n) is 1.27. The molecule has 0 atom stereocenters. The van der Waals surface area contributed by atoms with Gasteiger partial charge in [0.15, 0.2) is 0 Å². The first-order valence-corrected chi connectivity index (χ1v) is 2.99. The summed E-state index contributed by atoms with van der Waals surface area (Å²) >= 11 is 0. The first-order valence-electron chi connectivity index (χ1n) is 2.99. The smallest absolute Gasteiger partial charge is 0.253 e. The third-order valence-corrected chi connectivity index (χ3v) is 1.27. The summed E-state index contributed by atoms with van der Waals surface area (Å²) in [5.41, 5.74) is -0.885. The van der Waals surface area contributed by atoms with Crippen LogP contribution in [-0.4, -0.2) is 34.9 Å². The molecule has 0 aliphatic heterocycles. The predicted octanol–water partition coefficient (Wildman–Crippen LogP) is -0.148. The zero-order valence-corrected chi connectivity index (χ0v) is 6.46. The maximum Gasteiger partial charge on any atom is 0.253 e. The lowest BCUT2D eigenvalue weighted by Gasteiger charge is -2.22. The van der Waals surface area contributed by atoms with Gasteiger partial charge in [-0.05, 0) is 13.8 Å². The molecule has 0 saturated carbocycles. The van der Waals surface area contributed by atoms with E-state index in [0.717, 1.165) is 0 Å². The van der Waals surface area contributed by atoms with Crippen molar-refractivity contribution in [1.29, 1.82) is 0 Å². The van der Waals surface area contributed by atoms with Crippen molar-refractivity contribution in [2.45, 2.75) is 13.8 Å². The van der Waals surface area contributed by atoms with E-state index in [1.807, 2.05) is 0 Å². The summed E-state index contributed by atoms with van der Waals surface area (Å²) in [6, 6.07) is 0. The van der Waals surface area contributed by atoms with E-state index in [1.165, 1.54) is 7.05 Å². The molecule has 0 heterocycles. The van der Waals surface area contributed by atoms with E-state index in [1.54, 1.807) is 13.8 Å². The van der Waals surface area contributed by atoms with Gasteiger partial charge < -0.3 is 5.11 Å². The molecule has 0 aromatic heterocycles. The number of amides is 1. The summed E-state index contributed by atoms with van der Waals surface area (Å²) in [5, 5.41) is 17.8. The largest absolute Gasteiger partial charge is 0.395 e. The van der Waals surface area contributed by atoms with E-state index in [4.69, 9.17) is 10.3 Å². The highest BCUT2D eigenvalue weighted by Gasteiger charge is 2.28. The molecule has 0 rings (SSSR count). The van der Waals surface area contributed by atoms with Crippen molar-refractivity contribution in [2.75, 3.05) is 13.7 Å². The van der Waals surface area contributed by atoms with Gasteiger partial charge in [0.1, 0.15) is 0 Å². The van der Waals surface area contributed by atoms with Crippen molar-refractivity contribution in [3.8, 4) is 0 Å². The van der Waals surface area contributed by atoms with Gasteiger partial charge in [0.2, 0.25) is 0 Å². The van der Waals surface area contributed by atoms with Gasteiger partial charge in [0.05, 0.1) is 12.0 Å². The topological polar surface area (TPSA) is 60.8 Å². The monoisotopic (exact) mass is 147 g/mol. The highest BCUT2D eigenvalue weighted by atomic mass is 16.5. The third kappa shape index (κ3) is 1.97. The average molecular weight is 147 g/mol. The number of rotatable bonds is 2. The first-order chi connectivity index (χ1) is 4.41. The number of carbonyl (C=O) groups excluding carboxylic acids is 1. The van der Waals surface area contributed by atoms with Gasteiger partial charge in [-0.3, -0.25) is 10.0 Å². The van der Waals surface area contributed by atoms with Crippen molar-refractivity contribution in [3.05, 3.63) is 0 Å². The Bertz CT molecular complexity index is 131. The van der Waals surface area contributed by atoms with Crippen LogP contribution >= 0.6 is 0 Å². The number of hydroxylamine groups is 2. The number of nitrogens with zero attached hydrogens (tertiary/aromatic N) is 1. The molecule has 0 aromatic rings. The minimum absolute atomic E-state index is 0.267. The van der Waals surface area contributed by atoms with E-state index in [2.05, 4.69) is 0 Å². The molecule has 0 saturated heterocycles. The van der Waals surface area contributed by atoms with Crippen LogP contribution in [0.2, 0.25) is 0 Å². The molecule has 4 nitrogen and oxygen atoms in total. The lowest BCUT2D eigenvalue weighted by molar-refractivity contribution is -0.171. The van der Waals surface area contributed by atoms with Crippen LogP contribution in [0.25, 0.3) is 0 Å². The van der Waals surface area contributed by atoms with Crippen molar-refractivity contribution in [2.24, 2.45) is 5.41 Å². The Balaban J connectivity index is 4.19. The fourth-order valence-corrected chi connectivity index (χ4v) is 0.506. The molecule has 2 N–H and O–H groups in total. The fourth-order valence-electron chi connectivity index (χ4n) is 0.506. The molecular weight excluding hydrogens is 134 g/mol. The minimum atomic E-state index is -0.885. The molecule has 0 unspecified atom stereocenters. The maximum absolute atomic E-state index is 10.9. The number of aliphatic hydroxyl groups excluding tert-OH is 1. The second-order valence-corrected chi connectivity index (χ2v) is 2.87. The number of aliphatic hydroxyl groups is 1. The summed E-state index contributed by atoms with van der Waals surface area (Å²) in [7, 11) is 1.24. The summed E-state index contributed by atoms with van der Waals surface area (Å²) in [6.45, 7) is 2.85. The molecule has 1 amide bonds. The standard InChI is InChI=1S/C6H13NO3/c1-6(2,4-8)5(9)7(3)10/h8,10H,4H2,1-3H3. The van der Waals surface area contributed by atoms with E-state index >= 15 is 0 Å². The van der Waals surface area contributed by atoms with Gasteiger partial charge in [-0.1, -0.05) is 0 Å². The van der Waals surface area contributed by atoms with Crippen molar-refractivity contribution >= 4 is 5.91 Å². The second-order valence-electron chi connectivity index (χ2n) is 2.87. The Morgan fingerprint density at radius 2 is 2.00 bits per heavy atom. The van der Waals surface area contributed by atoms with Gasteiger partial charge in [-0.15, -0.1) is 0 Å².